The molecular weight excluding hydrogens is 317 g/mol. The zero-order chi connectivity index (χ0) is 15.1. The number of fused-ring (bicyclic) bond motifs is 1. The van der Waals surface area contributed by atoms with Crippen LogP contribution in [0.4, 0.5) is 0 Å². The minimum Gasteiger partial charge on any atom is -0.389 e. The summed E-state index contributed by atoms with van der Waals surface area (Å²) in [6.07, 6.45) is 0. The van der Waals surface area contributed by atoms with Gasteiger partial charge < -0.3 is 10.0 Å². The Bertz CT molecular complexity index is 661. The van der Waals surface area contributed by atoms with Crippen LogP contribution in [0.1, 0.15) is 23.5 Å². The van der Waals surface area contributed by atoms with Crippen molar-refractivity contribution in [2.45, 2.75) is 19.4 Å². The van der Waals surface area contributed by atoms with Crippen LogP contribution in [0.3, 0.4) is 0 Å². The van der Waals surface area contributed by atoms with Crippen LogP contribution in [0.25, 0.3) is 10.1 Å². The molecule has 0 aliphatic carbocycles. The third kappa shape index (κ3) is 3.26. The van der Waals surface area contributed by atoms with E-state index in [4.69, 9.17) is 23.2 Å². The fourth-order valence-electron chi connectivity index (χ4n) is 2.00. The van der Waals surface area contributed by atoms with Crippen LogP contribution < -0.4 is 0 Å². The number of nitrogens with zero attached hydrogens (tertiary/aromatic N) is 1. The van der Waals surface area contributed by atoms with E-state index in [1.165, 1.54) is 16.2 Å². The summed E-state index contributed by atoms with van der Waals surface area (Å²) in [6, 6.07) is 5.35. The molecule has 108 valence electrons. The number of hydrogen-bond donors (Lipinski definition) is 1. The summed E-state index contributed by atoms with van der Waals surface area (Å²) in [7, 11) is 1.65. The van der Waals surface area contributed by atoms with Crippen LogP contribution >= 0.6 is 34.5 Å². The van der Waals surface area contributed by atoms with Crippen LogP contribution in [-0.4, -0.2) is 35.1 Å². The van der Waals surface area contributed by atoms with E-state index in [0.717, 1.165) is 10.1 Å². The molecule has 1 aromatic carbocycles. The van der Waals surface area contributed by atoms with Crippen molar-refractivity contribution in [2.75, 3.05) is 13.6 Å². The van der Waals surface area contributed by atoms with E-state index in [9.17, 15) is 9.90 Å². The molecule has 0 spiro atoms. The van der Waals surface area contributed by atoms with Gasteiger partial charge in [0.15, 0.2) is 0 Å². The van der Waals surface area contributed by atoms with Gasteiger partial charge in [-0.2, -0.15) is 0 Å². The zero-order valence-corrected chi connectivity index (χ0v) is 13.7. The van der Waals surface area contributed by atoms with Crippen molar-refractivity contribution in [3.05, 3.63) is 33.1 Å². The van der Waals surface area contributed by atoms with Gasteiger partial charge in [0, 0.05) is 28.7 Å². The Morgan fingerprint density at radius 2 is 2.05 bits per heavy atom. The summed E-state index contributed by atoms with van der Waals surface area (Å²) in [5, 5.41) is 11.7. The Hall–Kier alpha value is -0.810. The number of thiophene rings is 1. The first-order chi connectivity index (χ1) is 9.19. The van der Waals surface area contributed by atoms with E-state index in [0.29, 0.717) is 14.9 Å². The van der Waals surface area contributed by atoms with Crippen LogP contribution in [0.15, 0.2) is 18.2 Å². The number of hydrogen-bond acceptors (Lipinski definition) is 3. The summed E-state index contributed by atoms with van der Waals surface area (Å²) >= 11 is 13.5. The molecule has 0 bridgehead atoms. The van der Waals surface area contributed by atoms with Crippen LogP contribution in [0, 0.1) is 0 Å². The predicted molar refractivity (Wildman–Crippen MR) is 85.1 cm³/mol. The van der Waals surface area contributed by atoms with Gasteiger partial charge in [-0.25, -0.2) is 0 Å². The summed E-state index contributed by atoms with van der Waals surface area (Å²) in [5.74, 6) is -0.200. The third-order valence-electron chi connectivity index (χ3n) is 2.76. The van der Waals surface area contributed by atoms with E-state index >= 15 is 0 Å². The van der Waals surface area contributed by atoms with E-state index in [1.54, 1.807) is 33.0 Å². The molecule has 6 heteroatoms. The lowest BCUT2D eigenvalue weighted by Crippen LogP contribution is -2.39. The highest BCUT2D eigenvalue weighted by molar-refractivity contribution is 7.21. The molecule has 0 unspecified atom stereocenters. The Morgan fingerprint density at radius 3 is 2.65 bits per heavy atom. The van der Waals surface area contributed by atoms with Crippen molar-refractivity contribution in [2.24, 2.45) is 0 Å². The monoisotopic (exact) mass is 331 g/mol. The Morgan fingerprint density at radius 1 is 1.40 bits per heavy atom. The molecule has 0 aliphatic rings. The standard InChI is InChI=1S/C14H15Cl2NO2S/c1-14(2,19)7-17(3)13(18)12-11(16)9-5-4-8(15)6-10(9)20-12/h4-6,19H,7H2,1-3H3. The van der Waals surface area contributed by atoms with Crippen molar-refractivity contribution < 1.29 is 9.90 Å². The van der Waals surface area contributed by atoms with Crippen molar-refractivity contribution in [3.63, 3.8) is 0 Å². The van der Waals surface area contributed by atoms with E-state index in [-0.39, 0.29) is 12.5 Å². The van der Waals surface area contributed by atoms with Gasteiger partial charge in [-0.05, 0) is 26.0 Å². The average molecular weight is 332 g/mol. The minimum absolute atomic E-state index is 0.200. The Labute approximate surface area is 131 Å². The lowest BCUT2D eigenvalue weighted by Gasteiger charge is -2.25. The second-order valence-electron chi connectivity index (χ2n) is 5.36. The summed E-state index contributed by atoms with van der Waals surface area (Å²) in [6.45, 7) is 3.54. The van der Waals surface area contributed by atoms with Gasteiger partial charge in [-0.15, -0.1) is 11.3 Å². The summed E-state index contributed by atoms with van der Waals surface area (Å²) < 4.78 is 0.877. The number of aliphatic hydroxyl groups is 1. The molecule has 2 aromatic rings. The van der Waals surface area contributed by atoms with Gasteiger partial charge in [-0.3, -0.25) is 4.79 Å². The zero-order valence-electron chi connectivity index (χ0n) is 11.4. The van der Waals surface area contributed by atoms with Gasteiger partial charge >= 0.3 is 0 Å². The summed E-state index contributed by atoms with van der Waals surface area (Å²) in [4.78, 5) is 14.3. The van der Waals surface area contributed by atoms with E-state index in [1.807, 2.05) is 6.07 Å². The normalized spacial score (nSPS) is 11.9. The van der Waals surface area contributed by atoms with Gasteiger partial charge in [0.1, 0.15) is 4.88 Å². The molecule has 1 aromatic heterocycles. The number of halogens is 2. The van der Waals surface area contributed by atoms with Crippen LogP contribution in [0.2, 0.25) is 10.0 Å². The smallest absolute Gasteiger partial charge is 0.265 e. The van der Waals surface area contributed by atoms with Crippen molar-refractivity contribution in [3.8, 4) is 0 Å². The molecule has 0 fully saturated rings. The maximum absolute atomic E-state index is 12.4. The number of likely N-dealkylation sites (N-methyl/N-ethyl adjacent to an activating group) is 1. The van der Waals surface area contributed by atoms with Gasteiger partial charge in [0.25, 0.3) is 5.91 Å². The molecular formula is C14H15Cl2NO2S. The number of amides is 1. The fourth-order valence-corrected chi connectivity index (χ4v) is 3.78. The van der Waals surface area contributed by atoms with Gasteiger partial charge in [0.2, 0.25) is 0 Å². The van der Waals surface area contributed by atoms with Crippen LogP contribution in [-0.2, 0) is 0 Å². The molecule has 0 radical (unpaired) electrons. The highest BCUT2D eigenvalue weighted by Gasteiger charge is 2.24. The number of benzene rings is 1. The average Bonchev–Trinajstić information content (AvgIpc) is 2.63. The molecule has 1 heterocycles. The summed E-state index contributed by atoms with van der Waals surface area (Å²) in [5.41, 5.74) is -0.948. The lowest BCUT2D eigenvalue weighted by atomic mass is 10.1. The third-order valence-corrected chi connectivity index (χ3v) is 4.64. The number of rotatable bonds is 3. The molecule has 0 aliphatic heterocycles. The highest BCUT2D eigenvalue weighted by atomic mass is 35.5. The fraction of sp³-hybridized carbons (Fsp3) is 0.357. The first kappa shape index (κ1) is 15.6. The number of carbonyl (C=O) groups is 1. The molecule has 0 saturated carbocycles. The van der Waals surface area contributed by atoms with Gasteiger partial charge in [0.05, 0.1) is 10.6 Å². The van der Waals surface area contributed by atoms with Crippen molar-refractivity contribution in [1.29, 1.82) is 0 Å². The maximum atomic E-state index is 12.4. The lowest BCUT2D eigenvalue weighted by molar-refractivity contribution is 0.0370. The Kier molecular flexibility index (Phi) is 4.30. The molecule has 0 saturated heterocycles. The highest BCUT2D eigenvalue weighted by Crippen LogP contribution is 2.37. The first-order valence-corrected chi connectivity index (χ1v) is 7.62. The topological polar surface area (TPSA) is 40.5 Å². The van der Waals surface area contributed by atoms with Crippen LogP contribution in [0.5, 0.6) is 0 Å². The van der Waals surface area contributed by atoms with Crippen molar-refractivity contribution in [1.82, 2.24) is 4.90 Å². The maximum Gasteiger partial charge on any atom is 0.265 e. The molecule has 2 rings (SSSR count). The molecule has 3 nitrogen and oxygen atoms in total. The second-order valence-corrected chi connectivity index (χ2v) is 7.23. The van der Waals surface area contributed by atoms with E-state index < -0.39 is 5.60 Å². The van der Waals surface area contributed by atoms with Crippen molar-refractivity contribution >= 4 is 50.5 Å². The largest absolute Gasteiger partial charge is 0.389 e. The molecule has 1 amide bonds. The van der Waals surface area contributed by atoms with E-state index in [2.05, 4.69) is 0 Å². The minimum atomic E-state index is -0.948. The molecule has 1 N–H and O–H groups in total. The predicted octanol–water partition coefficient (Wildman–Crippen LogP) is 4.05. The molecule has 20 heavy (non-hydrogen) atoms. The van der Waals surface area contributed by atoms with Gasteiger partial charge in [-0.1, -0.05) is 29.3 Å². The molecule has 0 atom stereocenters. The number of carbonyl (C=O) groups excluding carboxylic acids is 1. The SMILES string of the molecule is CN(CC(C)(C)O)C(=O)c1sc2cc(Cl)ccc2c1Cl. The quantitative estimate of drug-likeness (QED) is 0.921. The Balaban J connectivity index is 2.37. The first-order valence-electron chi connectivity index (χ1n) is 6.04. The second kappa shape index (κ2) is 5.53.